The molecular weight excluding hydrogens is 224 g/mol. The Morgan fingerprint density at radius 3 is 2.33 bits per heavy atom. The molecular formula is C9H11F2NO2S. The van der Waals surface area contributed by atoms with Crippen molar-refractivity contribution in [2.24, 2.45) is 0 Å². The number of nitrogens with zero attached hydrogens (tertiary/aromatic N) is 1. The smallest absolute Gasteiger partial charge is 0.263 e. The van der Waals surface area contributed by atoms with Crippen molar-refractivity contribution in [2.45, 2.75) is 30.4 Å². The number of rotatable bonds is 3. The van der Waals surface area contributed by atoms with Crippen LogP contribution in [-0.4, -0.2) is 19.2 Å². The van der Waals surface area contributed by atoms with Crippen LogP contribution in [-0.2, 0) is 9.84 Å². The molecule has 0 aliphatic rings. The van der Waals surface area contributed by atoms with Gasteiger partial charge in [-0.15, -0.1) is 0 Å². The van der Waals surface area contributed by atoms with Gasteiger partial charge in [0.15, 0.2) is 0 Å². The van der Waals surface area contributed by atoms with Gasteiger partial charge in [0, 0.05) is 12.4 Å². The minimum absolute atomic E-state index is 0.0466. The Kier molecular flexibility index (Phi) is 3.38. The maximum absolute atomic E-state index is 12.2. The van der Waals surface area contributed by atoms with Gasteiger partial charge in [0.2, 0.25) is 9.84 Å². The molecule has 0 radical (unpaired) electrons. The van der Waals surface area contributed by atoms with E-state index in [2.05, 4.69) is 4.98 Å². The fourth-order valence-corrected chi connectivity index (χ4v) is 1.72. The van der Waals surface area contributed by atoms with Crippen LogP contribution in [0.4, 0.5) is 8.78 Å². The molecule has 15 heavy (non-hydrogen) atoms. The first kappa shape index (κ1) is 12.0. The summed E-state index contributed by atoms with van der Waals surface area (Å²) < 4.78 is 46.7. The van der Waals surface area contributed by atoms with E-state index >= 15 is 0 Å². The second kappa shape index (κ2) is 4.22. The first-order valence-electron chi connectivity index (χ1n) is 4.32. The lowest BCUT2D eigenvalue weighted by molar-refractivity contribution is 0.234. The van der Waals surface area contributed by atoms with Gasteiger partial charge in [0.05, 0.1) is 4.90 Å². The molecule has 3 nitrogen and oxygen atoms in total. The zero-order valence-corrected chi connectivity index (χ0v) is 9.13. The molecule has 6 heteroatoms. The van der Waals surface area contributed by atoms with Crippen LogP contribution in [0.5, 0.6) is 0 Å². The van der Waals surface area contributed by atoms with Crippen LogP contribution in [0.2, 0.25) is 0 Å². The Hall–Kier alpha value is -1.04. The third kappa shape index (κ3) is 2.50. The minimum atomic E-state index is -4.53. The van der Waals surface area contributed by atoms with Gasteiger partial charge < -0.3 is 0 Å². The number of hydrogen-bond donors (Lipinski definition) is 0. The van der Waals surface area contributed by atoms with E-state index in [1.54, 1.807) is 0 Å². The van der Waals surface area contributed by atoms with Crippen LogP contribution in [0.15, 0.2) is 23.4 Å². The van der Waals surface area contributed by atoms with Crippen LogP contribution >= 0.6 is 0 Å². The highest BCUT2D eigenvalue weighted by Crippen LogP contribution is 2.21. The normalized spacial score (nSPS) is 12.4. The largest absolute Gasteiger partial charge is 0.341 e. The lowest BCUT2D eigenvalue weighted by atomic mass is 10.1. The van der Waals surface area contributed by atoms with Crippen LogP contribution in [0.1, 0.15) is 25.3 Å². The number of halogens is 2. The standard InChI is InChI=1S/C9H11F2NO2S/c1-6(2)7-3-8(5-12-4-7)15(13,14)9(10)11/h3-6,9H,1-2H3. The lowest BCUT2D eigenvalue weighted by Crippen LogP contribution is -2.12. The molecule has 0 saturated carbocycles. The number of pyridine rings is 1. The molecule has 84 valence electrons. The molecule has 1 heterocycles. The summed E-state index contributed by atoms with van der Waals surface area (Å²) in [5.74, 6) is -3.35. The maximum Gasteiger partial charge on any atom is 0.341 e. The van der Waals surface area contributed by atoms with E-state index in [-0.39, 0.29) is 5.92 Å². The van der Waals surface area contributed by atoms with Crippen LogP contribution in [0, 0.1) is 0 Å². The topological polar surface area (TPSA) is 47.0 Å². The number of hydrogen-bond acceptors (Lipinski definition) is 3. The van der Waals surface area contributed by atoms with Crippen molar-refractivity contribution < 1.29 is 17.2 Å². The van der Waals surface area contributed by atoms with Gasteiger partial charge in [0.1, 0.15) is 0 Å². The van der Waals surface area contributed by atoms with Crippen molar-refractivity contribution in [3.63, 3.8) is 0 Å². The molecule has 0 N–H and O–H groups in total. The second-order valence-electron chi connectivity index (χ2n) is 3.41. The Balaban J connectivity index is 3.23. The molecule has 1 rings (SSSR count). The summed E-state index contributed by atoms with van der Waals surface area (Å²) in [4.78, 5) is 3.21. The molecule has 0 aromatic carbocycles. The lowest BCUT2D eigenvalue weighted by Gasteiger charge is -2.07. The van der Waals surface area contributed by atoms with Gasteiger partial charge in [0.25, 0.3) is 0 Å². The monoisotopic (exact) mass is 235 g/mol. The van der Waals surface area contributed by atoms with Gasteiger partial charge in [-0.3, -0.25) is 4.98 Å². The van der Waals surface area contributed by atoms with Crippen molar-refractivity contribution in [1.29, 1.82) is 0 Å². The Morgan fingerprint density at radius 1 is 1.27 bits per heavy atom. The number of alkyl halides is 2. The molecule has 0 amide bonds. The maximum atomic E-state index is 12.2. The molecule has 0 bridgehead atoms. The summed E-state index contributed by atoms with van der Waals surface area (Å²) in [6.45, 7) is 3.66. The van der Waals surface area contributed by atoms with E-state index in [1.807, 2.05) is 13.8 Å². The highest BCUT2D eigenvalue weighted by atomic mass is 32.2. The van der Waals surface area contributed by atoms with Gasteiger partial charge in [-0.1, -0.05) is 13.8 Å². The van der Waals surface area contributed by atoms with E-state index in [4.69, 9.17) is 0 Å². The molecule has 0 fully saturated rings. The van der Waals surface area contributed by atoms with E-state index in [0.717, 1.165) is 6.20 Å². The zero-order chi connectivity index (χ0) is 11.6. The first-order valence-corrected chi connectivity index (χ1v) is 5.87. The summed E-state index contributed by atoms with van der Waals surface area (Å²) in [5.41, 5.74) is 0.622. The molecule has 0 spiro atoms. The van der Waals surface area contributed by atoms with Crippen molar-refractivity contribution >= 4 is 9.84 Å². The summed E-state index contributed by atoms with van der Waals surface area (Å²) in [7, 11) is -4.53. The highest BCUT2D eigenvalue weighted by Gasteiger charge is 2.27. The quantitative estimate of drug-likeness (QED) is 0.806. The fraction of sp³-hybridized carbons (Fsp3) is 0.444. The summed E-state index contributed by atoms with van der Waals surface area (Å²) >= 11 is 0. The Bertz CT molecular complexity index is 443. The first-order chi connectivity index (χ1) is 6.85. The third-order valence-corrected chi connectivity index (χ3v) is 3.31. The van der Waals surface area contributed by atoms with E-state index in [0.29, 0.717) is 5.56 Å². The Labute approximate surface area is 87.1 Å². The average molecular weight is 235 g/mol. The van der Waals surface area contributed by atoms with Gasteiger partial charge in [-0.05, 0) is 17.5 Å². The average Bonchev–Trinajstić information content (AvgIpc) is 2.17. The molecule has 0 unspecified atom stereocenters. The molecule has 1 aromatic rings. The summed E-state index contributed by atoms with van der Waals surface area (Å²) in [5, 5.41) is 0. The minimum Gasteiger partial charge on any atom is -0.263 e. The zero-order valence-electron chi connectivity index (χ0n) is 8.31. The predicted octanol–water partition coefficient (Wildman–Crippen LogP) is 2.20. The number of aromatic nitrogens is 1. The van der Waals surface area contributed by atoms with E-state index in [9.17, 15) is 17.2 Å². The highest BCUT2D eigenvalue weighted by molar-refractivity contribution is 7.91. The van der Waals surface area contributed by atoms with Crippen LogP contribution in [0.25, 0.3) is 0 Å². The van der Waals surface area contributed by atoms with Crippen LogP contribution < -0.4 is 0 Å². The van der Waals surface area contributed by atoms with E-state index < -0.39 is 20.5 Å². The van der Waals surface area contributed by atoms with Crippen molar-refractivity contribution in [3.05, 3.63) is 24.0 Å². The SMILES string of the molecule is CC(C)c1cncc(S(=O)(=O)C(F)F)c1. The molecule has 0 saturated heterocycles. The van der Waals surface area contributed by atoms with Gasteiger partial charge in [-0.25, -0.2) is 8.42 Å². The fourth-order valence-electron chi connectivity index (χ4n) is 1.01. The predicted molar refractivity (Wildman–Crippen MR) is 51.5 cm³/mol. The molecule has 1 aromatic heterocycles. The molecule has 0 aliphatic heterocycles. The van der Waals surface area contributed by atoms with Crippen LogP contribution in [0.3, 0.4) is 0 Å². The van der Waals surface area contributed by atoms with Gasteiger partial charge in [-0.2, -0.15) is 8.78 Å². The molecule has 0 atom stereocenters. The van der Waals surface area contributed by atoms with Crippen molar-refractivity contribution in [1.82, 2.24) is 4.98 Å². The van der Waals surface area contributed by atoms with E-state index in [1.165, 1.54) is 12.3 Å². The molecule has 0 aliphatic carbocycles. The number of sulfone groups is 1. The van der Waals surface area contributed by atoms with Crippen molar-refractivity contribution in [2.75, 3.05) is 0 Å². The summed E-state index contributed by atoms with van der Waals surface area (Å²) in [6, 6.07) is 1.24. The third-order valence-electron chi connectivity index (χ3n) is 1.96. The summed E-state index contributed by atoms with van der Waals surface area (Å²) in [6.07, 6.45) is 2.41. The Morgan fingerprint density at radius 2 is 1.87 bits per heavy atom. The second-order valence-corrected chi connectivity index (χ2v) is 5.33. The van der Waals surface area contributed by atoms with Crippen molar-refractivity contribution in [3.8, 4) is 0 Å². The van der Waals surface area contributed by atoms with Gasteiger partial charge >= 0.3 is 5.76 Å².